The fourth-order valence-corrected chi connectivity index (χ4v) is 5.69. The molecule has 0 aliphatic heterocycles. The lowest BCUT2D eigenvalue weighted by atomic mass is 9.96. The number of benzene rings is 2. The van der Waals surface area contributed by atoms with Crippen LogP contribution in [0.1, 0.15) is 24.7 Å². The van der Waals surface area contributed by atoms with Crippen molar-refractivity contribution >= 4 is 27.0 Å². The van der Waals surface area contributed by atoms with Crippen LogP contribution in [-0.4, -0.2) is 35.1 Å². The number of rotatable bonds is 7. The molecule has 2 aromatic carbocycles. The first-order valence-electron chi connectivity index (χ1n) is 10.6. The van der Waals surface area contributed by atoms with Crippen molar-refractivity contribution < 1.29 is 26.7 Å². The molecule has 36 heavy (non-hydrogen) atoms. The Morgan fingerprint density at radius 3 is 2.33 bits per heavy atom. The second kappa shape index (κ2) is 9.60. The molecule has 0 unspecified atom stereocenters. The van der Waals surface area contributed by atoms with Crippen LogP contribution in [0, 0.1) is 24.4 Å². The Balaban J connectivity index is 1.86. The van der Waals surface area contributed by atoms with Crippen molar-refractivity contribution in [1.82, 2.24) is 15.0 Å². The average Bonchev–Trinajstić information content (AvgIpc) is 3.26. The van der Waals surface area contributed by atoms with Crippen molar-refractivity contribution in [3.63, 3.8) is 0 Å². The largest absolute Gasteiger partial charge is 0.395 e. The molecule has 0 radical (unpaired) electrons. The van der Waals surface area contributed by atoms with Crippen LogP contribution in [0.2, 0.25) is 0 Å². The molecule has 188 valence electrons. The van der Waals surface area contributed by atoms with Gasteiger partial charge in [0.1, 0.15) is 22.5 Å². The predicted octanol–water partition coefficient (Wildman–Crippen LogP) is 5.06. The van der Waals surface area contributed by atoms with Crippen LogP contribution in [0.5, 0.6) is 0 Å². The molecule has 0 bridgehead atoms. The minimum atomic E-state index is -4.80. The van der Waals surface area contributed by atoms with Crippen LogP contribution in [0.4, 0.5) is 18.9 Å². The predicted molar refractivity (Wildman–Crippen MR) is 131 cm³/mol. The van der Waals surface area contributed by atoms with Gasteiger partial charge in [-0.25, -0.2) is 36.5 Å². The van der Waals surface area contributed by atoms with Gasteiger partial charge in [0.05, 0.1) is 28.6 Å². The number of aromatic nitrogens is 3. The molecule has 7 nitrogen and oxygen atoms in total. The topological polar surface area (TPSA) is 105 Å². The molecular formula is C24H21F3N4O3S2. The maximum atomic E-state index is 15.7. The van der Waals surface area contributed by atoms with Crippen molar-refractivity contribution in [2.24, 2.45) is 0 Å². The third kappa shape index (κ3) is 4.84. The lowest BCUT2D eigenvalue weighted by Crippen LogP contribution is -2.21. The zero-order chi connectivity index (χ0) is 26.3. The van der Waals surface area contributed by atoms with Crippen LogP contribution < -0.4 is 4.72 Å². The van der Waals surface area contributed by atoms with Crippen molar-refractivity contribution in [2.45, 2.75) is 31.1 Å². The van der Waals surface area contributed by atoms with Gasteiger partial charge in [-0.15, -0.1) is 11.3 Å². The number of aliphatic hydroxyl groups is 1. The monoisotopic (exact) mass is 534 g/mol. The molecule has 0 fully saturated rings. The fraction of sp³-hybridized carbons (Fsp3) is 0.208. The Morgan fingerprint density at radius 1 is 1.03 bits per heavy atom. The maximum Gasteiger partial charge on any atom is 0.267 e. The summed E-state index contributed by atoms with van der Waals surface area (Å²) < 4.78 is 71.4. The molecule has 12 heteroatoms. The first-order chi connectivity index (χ1) is 16.9. The minimum Gasteiger partial charge on any atom is -0.395 e. The Kier molecular flexibility index (Phi) is 6.86. The highest BCUT2D eigenvalue weighted by Gasteiger charge is 2.30. The third-order valence-electron chi connectivity index (χ3n) is 5.30. The van der Waals surface area contributed by atoms with E-state index in [9.17, 15) is 22.3 Å². The second-order valence-corrected chi connectivity index (χ2v) is 11.2. The molecular weight excluding hydrogens is 513 g/mol. The van der Waals surface area contributed by atoms with Gasteiger partial charge >= 0.3 is 0 Å². The molecule has 0 atom stereocenters. The van der Waals surface area contributed by atoms with E-state index in [4.69, 9.17) is 0 Å². The number of halogens is 3. The Morgan fingerprint density at radius 2 is 1.69 bits per heavy atom. The highest BCUT2D eigenvalue weighted by atomic mass is 32.2. The summed E-state index contributed by atoms with van der Waals surface area (Å²) in [5.41, 5.74) is -0.695. The van der Waals surface area contributed by atoms with E-state index in [0.717, 1.165) is 24.3 Å². The fourth-order valence-electron chi connectivity index (χ4n) is 3.34. The SMILES string of the molecule is Cc1nccc(-c2sc(C(C)(C)CO)nc2-c2cccc(NS(=O)(=O)c3c(F)cccc3F)c2F)n1. The summed E-state index contributed by atoms with van der Waals surface area (Å²) in [4.78, 5) is 12.3. The van der Waals surface area contributed by atoms with Crippen LogP contribution in [0.15, 0.2) is 53.6 Å². The van der Waals surface area contributed by atoms with Gasteiger partial charge < -0.3 is 5.11 Å². The number of thiazole rings is 1. The summed E-state index contributed by atoms with van der Waals surface area (Å²) in [6, 6.07) is 8.16. The Labute approximate surface area is 209 Å². The number of aryl methyl sites for hydroxylation is 1. The summed E-state index contributed by atoms with van der Waals surface area (Å²) >= 11 is 1.21. The molecule has 0 aliphatic rings. The highest BCUT2D eigenvalue weighted by molar-refractivity contribution is 7.92. The van der Waals surface area contributed by atoms with Gasteiger partial charge in [-0.3, -0.25) is 4.72 Å². The lowest BCUT2D eigenvalue weighted by molar-refractivity contribution is 0.218. The first kappa shape index (κ1) is 25.7. The van der Waals surface area contributed by atoms with E-state index in [1.165, 1.54) is 23.5 Å². The molecule has 2 N–H and O–H groups in total. The Bertz CT molecular complexity index is 1540. The summed E-state index contributed by atoms with van der Waals surface area (Å²) in [6.07, 6.45) is 1.54. The number of nitrogens with one attached hydrogen (secondary N) is 1. The molecule has 0 spiro atoms. The van der Waals surface area contributed by atoms with Crippen molar-refractivity contribution in [3.05, 3.63) is 76.9 Å². The van der Waals surface area contributed by atoms with Gasteiger partial charge in [0, 0.05) is 17.2 Å². The van der Waals surface area contributed by atoms with Crippen LogP contribution in [-0.2, 0) is 15.4 Å². The van der Waals surface area contributed by atoms with E-state index in [1.807, 2.05) is 4.72 Å². The van der Waals surface area contributed by atoms with Crippen molar-refractivity contribution in [2.75, 3.05) is 11.3 Å². The summed E-state index contributed by atoms with van der Waals surface area (Å²) in [6.45, 7) is 5.02. The van der Waals surface area contributed by atoms with Gasteiger partial charge in [-0.1, -0.05) is 26.0 Å². The third-order valence-corrected chi connectivity index (χ3v) is 8.16. The first-order valence-corrected chi connectivity index (χ1v) is 12.9. The van der Waals surface area contributed by atoms with E-state index >= 15 is 4.39 Å². The summed E-state index contributed by atoms with van der Waals surface area (Å²) in [5, 5.41) is 10.3. The highest BCUT2D eigenvalue weighted by Crippen LogP contribution is 2.42. The number of nitrogens with zero attached hydrogens (tertiary/aromatic N) is 3. The van der Waals surface area contributed by atoms with Crippen LogP contribution in [0.3, 0.4) is 0 Å². The molecule has 4 rings (SSSR count). The van der Waals surface area contributed by atoms with E-state index < -0.39 is 43.5 Å². The van der Waals surface area contributed by atoms with E-state index in [0.29, 0.717) is 21.4 Å². The van der Waals surface area contributed by atoms with Gasteiger partial charge in [0.15, 0.2) is 10.7 Å². The van der Waals surface area contributed by atoms with Crippen LogP contribution in [0.25, 0.3) is 21.8 Å². The van der Waals surface area contributed by atoms with Gasteiger partial charge in [0.25, 0.3) is 10.0 Å². The molecule has 0 aliphatic carbocycles. The quantitative estimate of drug-likeness (QED) is 0.343. The zero-order valence-electron chi connectivity index (χ0n) is 19.4. The van der Waals surface area contributed by atoms with Crippen molar-refractivity contribution in [3.8, 4) is 21.8 Å². The number of aliphatic hydroxyl groups excluding tert-OH is 1. The van der Waals surface area contributed by atoms with Gasteiger partial charge in [-0.05, 0) is 37.3 Å². The van der Waals surface area contributed by atoms with E-state index in [2.05, 4.69) is 15.0 Å². The molecule has 0 saturated heterocycles. The molecule has 0 amide bonds. The average molecular weight is 535 g/mol. The van der Waals surface area contributed by atoms with Gasteiger partial charge in [-0.2, -0.15) is 0 Å². The normalized spacial score (nSPS) is 12.1. The minimum absolute atomic E-state index is 0.0632. The lowest BCUT2D eigenvalue weighted by Gasteiger charge is -2.17. The zero-order valence-corrected chi connectivity index (χ0v) is 21.0. The van der Waals surface area contributed by atoms with E-state index in [1.54, 1.807) is 33.0 Å². The van der Waals surface area contributed by atoms with Gasteiger partial charge in [0.2, 0.25) is 0 Å². The number of sulfonamides is 1. The Hall–Kier alpha value is -3.35. The molecule has 2 aromatic heterocycles. The summed E-state index contributed by atoms with van der Waals surface area (Å²) in [7, 11) is -4.80. The number of anilines is 1. The summed E-state index contributed by atoms with van der Waals surface area (Å²) in [5.74, 6) is -3.14. The van der Waals surface area contributed by atoms with Crippen LogP contribution >= 0.6 is 11.3 Å². The standard InChI is InChI=1S/C24H21F3N4O3S2/c1-13-28-11-10-18(29-13)21-20(30-23(35-21)24(2,3)12-32)14-6-4-9-17(19(14)27)31-36(33,34)22-15(25)7-5-8-16(22)26/h4-11,31-32H,12H2,1-3H3. The smallest absolute Gasteiger partial charge is 0.267 e. The molecule has 4 aromatic rings. The molecule has 2 heterocycles. The van der Waals surface area contributed by atoms with E-state index in [-0.39, 0.29) is 17.9 Å². The second-order valence-electron chi connectivity index (χ2n) is 8.55. The maximum absolute atomic E-state index is 15.7. The number of hydrogen-bond acceptors (Lipinski definition) is 7. The molecule has 0 saturated carbocycles. The van der Waals surface area contributed by atoms with Crippen molar-refractivity contribution in [1.29, 1.82) is 0 Å². The number of hydrogen-bond donors (Lipinski definition) is 2.